The zero-order valence-electron chi connectivity index (χ0n) is 19.8. The minimum Gasteiger partial charge on any atom is -0.493 e. The first kappa shape index (κ1) is 23.1. The fourth-order valence-corrected chi connectivity index (χ4v) is 5.95. The van der Waals surface area contributed by atoms with Gasteiger partial charge in [-0.15, -0.1) is 11.3 Å². The molecule has 0 spiro atoms. The van der Waals surface area contributed by atoms with E-state index in [1.807, 2.05) is 22.4 Å². The lowest BCUT2D eigenvalue weighted by Crippen LogP contribution is -2.41. The summed E-state index contributed by atoms with van der Waals surface area (Å²) < 4.78 is 6.12. The molecule has 1 atom stereocenters. The third-order valence-electron chi connectivity index (χ3n) is 7.21. The molecule has 5 rings (SSSR count). The smallest absolute Gasteiger partial charge is 0.263 e. The molecule has 1 unspecified atom stereocenters. The summed E-state index contributed by atoms with van der Waals surface area (Å²) in [7, 11) is 0. The van der Waals surface area contributed by atoms with Crippen LogP contribution >= 0.6 is 11.3 Å². The van der Waals surface area contributed by atoms with E-state index in [0.717, 1.165) is 56.2 Å². The van der Waals surface area contributed by atoms with E-state index in [2.05, 4.69) is 59.5 Å². The van der Waals surface area contributed by atoms with Gasteiger partial charge in [0.25, 0.3) is 5.91 Å². The lowest BCUT2D eigenvalue weighted by molar-refractivity contribution is 0.0638. The van der Waals surface area contributed by atoms with Gasteiger partial charge in [-0.3, -0.25) is 9.69 Å². The predicted molar refractivity (Wildman–Crippen MR) is 139 cm³/mol. The number of benzene rings is 2. The lowest BCUT2D eigenvalue weighted by Gasteiger charge is -2.32. The van der Waals surface area contributed by atoms with Gasteiger partial charge in [0.2, 0.25) is 0 Å². The van der Waals surface area contributed by atoms with Crippen LogP contribution in [0.2, 0.25) is 0 Å². The Bertz CT molecular complexity index is 1030. The van der Waals surface area contributed by atoms with Crippen molar-refractivity contribution in [3.8, 4) is 5.75 Å². The molecule has 4 nitrogen and oxygen atoms in total. The van der Waals surface area contributed by atoms with Crippen LogP contribution < -0.4 is 4.74 Å². The maximum absolute atomic E-state index is 12.7. The molecule has 1 amide bonds. The summed E-state index contributed by atoms with van der Waals surface area (Å²) in [6.45, 7) is 5.61. The highest BCUT2D eigenvalue weighted by Gasteiger charge is 2.25. The molecule has 0 N–H and O–H groups in total. The third-order valence-corrected chi connectivity index (χ3v) is 8.07. The van der Waals surface area contributed by atoms with Gasteiger partial charge in [-0.05, 0) is 79.4 Å². The highest BCUT2D eigenvalue weighted by atomic mass is 32.1. The van der Waals surface area contributed by atoms with Gasteiger partial charge in [0.15, 0.2) is 0 Å². The zero-order valence-corrected chi connectivity index (χ0v) is 20.6. The van der Waals surface area contributed by atoms with Gasteiger partial charge in [-0.25, -0.2) is 0 Å². The Balaban J connectivity index is 1.06. The number of hydrogen-bond donors (Lipinski definition) is 0. The average Bonchev–Trinajstić information content (AvgIpc) is 3.44. The highest BCUT2D eigenvalue weighted by molar-refractivity contribution is 7.12. The first-order valence-corrected chi connectivity index (χ1v) is 13.4. The number of ether oxygens (including phenoxy) is 1. The van der Waals surface area contributed by atoms with Crippen LogP contribution in [-0.2, 0) is 6.54 Å². The molecular weight excluding hydrogens is 440 g/mol. The standard InChI is InChI=1S/C29H34N2O2S/c32-29(28-9-5-19-34-28)31-16-4-6-24(21-31)22-33-27-12-10-23(11-13-27)20-30-17-14-26(15-18-30)25-7-2-1-3-8-25/h1-3,5,7-13,19,24,26H,4,6,14-18,20-22H2. The number of nitrogens with zero attached hydrogens (tertiary/aromatic N) is 2. The molecule has 0 radical (unpaired) electrons. The van der Waals surface area contributed by atoms with E-state index in [0.29, 0.717) is 18.4 Å². The van der Waals surface area contributed by atoms with E-state index in [4.69, 9.17) is 4.74 Å². The van der Waals surface area contributed by atoms with Crippen LogP contribution in [0.3, 0.4) is 0 Å². The van der Waals surface area contributed by atoms with Gasteiger partial charge in [0.1, 0.15) is 5.75 Å². The number of carbonyl (C=O) groups is 1. The lowest BCUT2D eigenvalue weighted by atomic mass is 9.89. The van der Waals surface area contributed by atoms with Gasteiger partial charge in [-0.2, -0.15) is 0 Å². The molecule has 34 heavy (non-hydrogen) atoms. The Hall–Kier alpha value is -2.63. The number of piperidine rings is 2. The molecule has 0 aliphatic carbocycles. The summed E-state index contributed by atoms with van der Waals surface area (Å²) in [6.07, 6.45) is 4.63. The van der Waals surface area contributed by atoms with Crippen LogP contribution in [0.15, 0.2) is 72.1 Å². The van der Waals surface area contributed by atoms with Gasteiger partial charge in [-0.1, -0.05) is 48.5 Å². The van der Waals surface area contributed by atoms with Crippen molar-refractivity contribution in [2.45, 2.75) is 38.1 Å². The fourth-order valence-electron chi connectivity index (χ4n) is 5.25. The molecule has 1 aromatic heterocycles. The normalized spacial score (nSPS) is 19.8. The molecule has 2 aliphatic heterocycles. The van der Waals surface area contributed by atoms with Crippen LogP contribution in [0.5, 0.6) is 5.75 Å². The van der Waals surface area contributed by atoms with E-state index in [-0.39, 0.29) is 5.91 Å². The van der Waals surface area contributed by atoms with Gasteiger partial charge in [0, 0.05) is 25.6 Å². The largest absolute Gasteiger partial charge is 0.493 e. The quantitative estimate of drug-likeness (QED) is 0.417. The summed E-state index contributed by atoms with van der Waals surface area (Å²) in [5, 5.41) is 1.97. The topological polar surface area (TPSA) is 32.8 Å². The maximum atomic E-state index is 12.7. The van der Waals surface area contributed by atoms with Crippen molar-refractivity contribution in [2.24, 2.45) is 5.92 Å². The minimum atomic E-state index is 0.164. The minimum absolute atomic E-state index is 0.164. The Morgan fingerprint density at radius 3 is 2.44 bits per heavy atom. The molecular formula is C29H34N2O2S. The van der Waals surface area contributed by atoms with Crippen molar-refractivity contribution in [1.82, 2.24) is 9.80 Å². The summed E-state index contributed by atoms with van der Waals surface area (Å²) in [6, 6.07) is 23.4. The van der Waals surface area contributed by atoms with Gasteiger partial charge < -0.3 is 9.64 Å². The van der Waals surface area contributed by atoms with Crippen molar-refractivity contribution < 1.29 is 9.53 Å². The van der Waals surface area contributed by atoms with Gasteiger partial charge >= 0.3 is 0 Å². The molecule has 3 aromatic rings. The molecule has 0 saturated carbocycles. The average molecular weight is 475 g/mol. The SMILES string of the molecule is O=C(c1cccs1)N1CCCC(COc2ccc(CN3CCC(c4ccccc4)CC3)cc2)C1. The fraction of sp³-hybridized carbons (Fsp3) is 0.414. The van der Waals surface area contributed by atoms with Crippen LogP contribution in [-0.4, -0.2) is 48.5 Å². The number of thiophene rings is 1. The van der Waals surface area contributed by atoms with E-state index in [1.54, 1.807) is 0 Å². The van der Waals surface area contributed by atoms with E-state index in [9.17, 15) is 4.79 Å². The Morgan fingerprint density at radius 1 is 0.912 bits per heavy atom. The van der Waals surface area contributed by atoms with Crippen molar-refractivity contribution in [1.29, 1.82) is 0 Å². The molecule has 178 valence electrons. The number of hydrogen-bond acceptors (Lipinski definition) is 4. The molecule has 2 fully saturated rings. The molecule has 2 aliphatic rings. The van der Waals surface area contributed by atoms with E-state index in [1.165, 1.54) is 35.3 Å². The third kappa shape index (κ3) is 5.89. The second-order valence-corrected chi connectivity index (χ2v) is 10.6. The summed E-state index contributed by atoms with van der Waals surface area (Å²) in [4.78, 5) is 18.1. The van der Waals surface area contributed by atoms with Crippen LogP contribution in [0.25, 0.3) is 0 Å². The van der Waals surface area contributed by atoms with Crippen molar-refractivity contribution >= 4 is 17.2 Å². The summed E-state index contributed by atoms with van der Waals surface area (Å²) in [5.41, 5.74) is 2.83. The van der Waals surface area contributed by atoms with Crippen LogP contribution in [0.1, 0.15) is 52.4 Å². The molecule has 2 saturated heterocycles. The second kappa shape index (κ2) is 11.2. The predicted octanol–water partition coefficient (Wildman–Crippen LogP) is 6.06. The maximum Gasteiger partial charge on any atom is 0.263 e. The Labute approximate surface area is 207 Å². The summed E-state index contributed by atoms with van der Waals surface area (Å²) >= 11 is 1.52. The second-order valence-electron chi connectivity index (χ2n) is 9.65. The van der Waals surface area contributed by atoms with Crippen molar-refractivity contribution in [2.75, 3.05) is 32.8 Å². The molecule has 3 heterocycles. The Kier molecular flexibility index (Phi) is 7.62. The highest BCUT2D eigenvalue weighted by Crippen LogP contribution is 2.29. The zero-order chi connectivity index (χ0) is 23.2. The molecule has 5 heteroatoms. The van der Waals surface area contributed by atoms with Gasteiger partial charge in [0.05, 0.1) is 11.5 Å². The monoisotopic (exact) mass is 474 g/mol. The number of rotatable bonds is 7. The van der Waals surface area contributed by atoms with Crippen LogP contribution in [0.4, 0.5) is 0 Å². The van der Waals surface area contributed by atoms with Crippen molar-refractivity contribution in [3.63, 3.8) is 0 Å². The number of likely N-dealkylation sites (tertiary alicyclic amines) is 2. The summed E-state index contributed by atoms with van der Waals surface area (Å²) in [5.74, 6) is 2.18. The number of amides is 1. The van der Waals surface area contributed by atoms with Crippen molar-refractivity contribution in [3.05, 3.63) is 88.1 Å². The number of carbonyl (C=O) groups excluding carboxylic acids is 1. The molecule has 2 aromatic carbocycles. The first-order chi connectivity index (χ1) is 16.7. The van der Waals surface area contributed by atoms with E-state index >= 15 is 0 Å². The molecule has 0 bridgehead atoms. The van der Waals surface area contributed by atoms with E-state index < -0.39 is 0 Å². The first-order valence-electron chi connectivity index (χ1n) is 12.6. The Morgan fingerprint density at radius 2 is 1.71 bits per heavy atom. The van der Waals surface area contributed by atoms with Crippen LogP contribution in [0, 0.1) is 5.92 Å².